The maximum atomic E-state index is 13.9. The number of fused-ring (bicyclic) bond motifs is 2. The smallest absolute Gasteiger partial charge is 0.338 e. The first kappa shape index (κ1) is 34.1. The van der Waals surface area contributed by atoms with Gasteiger partial charge >= 0.3 is 11.9 Å². The van der Waals surface area contributed by atoms with E-state index in [1.54, 1.807) is 45.6 Å². The molecule has 13 heteroatoms. The molecule has 48 heavy (non-hydrogen) atoms. The number of carbonyl (C=O) groups excluding carboxylic acids is 2. The monoisotopic (exact) mass is 675 g/mol. The van der Waals surface area contributed by atoms with Crippen LogP contribution in [0.3, 0.4) is 0 Å². The van der Waals surface area contributed by atoms with Crippen LogP contribution in [0.4, 0.5) is 0 Å². The van der Waals surface area contributed by atoms with Crippen LogP contribution >= 0.6 is 0 Å². The van der Waals surface area contributed by atoms with E-state index < -0.39 is 94.3 Å². The average Bonchev–Trinajstić information content (AvgIpc) is 3.44. The zero-order chi connectivity index (χ0) is 34.6. The predicted molar refractivity (Wildman–Crippen MR) is 167 cm³/mol. The molecule has 6 fully saturated rings. The molecule has 1 spiro atoms. The van der Waals surface area contributed by atoms with Crippen molar-refractivity contribution >= 4 is 11.9 Å². The van der Waals surface area contributed by atoms with Crippen LogP contribution in [-0.4, -0.2) is 141 Å². The molecule has 0 radical (unpaired) electrons. The molecular formula is C35H49NO12. The van der Waals surface area contributed by atoms with Crippen molar-refractivity contribution in [1.29, 1.82) is 0 Å². The lowest BCUT2D eigenvalue weighted by Gasteiger charge is -2.70. The minimum Gasteiger partial charge on any atom is -0.497 e. The second-order valence-corrected chi connectivity index (χ2v) is 14.8. The Hall–Kier alpha value is -2.36. The standard InChI is InChI=1S/C35H49NO12/c1-8-36-15-32(16-42-3)21(38)13-22(44-5)34-20-14-33(41)29(47-31(40)18-9-11-19(43-4)12-10-18)23(20)35(48-17(2)37,28(39)30(33)46-7)24(27(34)36)25(45-6)26(32)34/h9-12,20-30,38-39,41H,8,13-16H2,1-7H3/t20-,21-,22+,23-,24+,25+,26-,27?,28+,29-,30+,32+,33-,34+,35-/m1/s1. The highest BCUT2D eigenvalue weighted by Crippen LogP contribution is 2.80. The van der Waals surface area contributed by atoms with Crippen molar-refractivity contribution in [2.24, 2.45) is 34.5 Å². The number of methoxy groups -OCH3 is 5. The van der Waals surface area contributed by atoms with E-state index in [-0.39, 0.29) is 24.6 Å². The minimum atomic E-state index is -1.86. The SMILES string of the molecule is CCN1C[C@]2(COC)[C@H](O)C[C@H](OC)[C@]34C1[C@H]([C@H](OC)[C@H]23)[C@]1(OC(C)=O)[C@H]2[C@@H](OC(=O)c3ccc(OC)cc3)[C@](O)(C[C@H]24)[C@@H](OC)[C@@H]1O. The van der Waals surface area contributed by atoms with Gasteiger partial charge in [-0.15, -0.1) is 0 Å². The first-order valence-corrected chi connectivity index (χ1v) is 16.9. The molecule has 266 valence electrons. The van der Waals surface area contributed by atoms with Crippen LogP contribution in [0.2, 0.25) is 0 Å². The lowest BCUT2D eigenvalue weighted by molar-refractivity contribution is -0.322. The van der Waals surface area contributed by atoms with Gasteiger partial charge in [0.2, 0.25) is 0 Å². The van der Waals surface area contributed by atoms with Crippen molar-refractivity contribution in [2.75, 3.05) is 55.2 Å². The van der Waals surface area contributed by atoms with Crippen molar-refractivity contribution in [1.82, 2.24) is 4.90 Å². The summed E-state index contributed by atoms with van der Waals surface area (Å²) >= 11 is 0. The Bertz CT molecular complexity index is 1430. The maximum Gasteiger partial charge on any atom is 0.338 e. The minimum absolute atomic E-state index is 0.0591. The summed E-state index contributed by atoms with van der Waals surface area (Å²) in [6.45, 7) is 4.64. The van der Waals surface area contributed by atoms with Crippen LogP contribution in [-0.2, 0) is 33.2 Å². The van der Waals surface area contributed by atoms with Gasteiger partial charge in [-0.3, -0.25) is 9.69 Å². The highest BCUT2D eigenvalue weighted by molar-refractivity contribution is 5.89. The van der Waals surface area contributed by atoms with Crippen LogP contribution in [0.15, 0.2) is 24.3 Å². The molecule has 6 aliphatic rings. The number of likely N-dealkylation sites (tertiary alicyclic amines) is 1. The van der Waals surface area contributed by atoms with Crippen LogP contribution in [0.1, 0.15) is 37.0 Å². The summed E-state index contributed by atoms with van der Waals surface area (Å²) in [6, 6.07) is 6.10. The first-order chi connectivity index (χ1) is 22.9. The molecule has 3 N–H and O–H groups in total. The van der Waals surface area contributed by atoms with Gasteiger partial charge in [0, 0.05) is 83.0 Å². The van der Waals surface area contributed by atoms with Gasteiger partial charge in [0.05, 0.1) is 37.6 Å². The number of benzene rings is 1. The fourth-order valence-corrected chi connectivity index (χ4v) is 12.5. The second kappa shape index (κ2) is 11.6. The van der Waals surface area contributed by atoms with Gasteiger partial charge in [-0.2, -0.15) is 0 Å². The molecule has 7 bridgehead atoms. The van der Waals surface area contributed by atoms with Crippen molar-refractivity contribution in [3.05, 3.63) is 29.8 Å². The molecule has 5 aliphatic carbocycles. The van der Waals surface area contributed by atoms with E-state index in [2.05, 4.69) is 4.90 Å². The number of ether oxygens (including phenoxy) is 7. The van der Waals surface area contributed by atoms with E-state index in [1.165, 1.54) is 21.1 Å². The topological polar surface area (TPSA) is 163 Å². The zero-order valence-electron chi connectivity index (χ0n) is 28.7. The summed E-state index contributed by atoms with van der Waals surface area (Å²) in [6.07, 6.45) is -5.64. The molecule has 1 aromatic rings. The molecular weight excluding hydrogens is 626 g/mol. The summed E-state index contributed by atoms with van der Waals surface area (Å²) in [4.78, 5) is 29.5. The molecule has 0 aromatic heterocycles. The number of hydrogen-bond donors (Lipinski definition) is 3. The van der Waals surface area contributed by atoms with Gasteiger partial charge in [0.15, 0.2) is 5.60 Å². The highest BCUT2D eigenvalue weighted by Gasteiger charge is 2.92. The summed E-state index contributed by atoms with van der Waals surface area (Å²) in [5, 5.41) is 37.4. The molecule has 1 aromatic carbocycles. The van der Waals surface area contributed by atoms with E-state index in [9.17, 15) is 24.9 Å². The number of aliphatic hydroxyl groups is 3. The third-order valence-electron chi connectivity index (χ3n) is 13.5. The van der Waals surface area contributed by atoms with E-state index >= 15 is 0 Å². The van der Waals surface area contributed by atoms with Crippen molar-refractivity contribution in [2.45, 2.75) is 80.6 Å². The quantitative estimate of drug-likeness (QED) is 0.297. The molecule has 7 rings (SSSR count). The first-order valence-electron chi connectivity index (χ1n) is 16.9. The molecule has 15 atom stereocenters. The Balaban J connectivity index is 1.50. The summed E-state index contributed by atoms with van der Waals surface area (Å²) < 4.78 is 42.7. The Morgan fingerprint density at radius 2 is 1.69 bits per heavy atom. The van der Waals surface area contributed by atoms with Gasteiger partial charge in [-0.05, 0) is 43.1 Å². The molecule has 1 unspecified atom stereocenters. The molecule has 1 saturated heterocycles. The summed E-state index contributed by atoms with van der Waals surface area (Å²) in [5.74, 6) is -3.23. The fraction of sp³-hybridized carbons (Fsp3) is 0.771. The zero-order valence-corrected chi connectivity index (χ0v) is 28.7. The number of rotatable bonds is 10. The van der Waals surface area contributed by atoms with Gasteiger partial charge in [-0.25, -0.2) is 4.79 Å². The number of nitrogens with zero attached hydrogens (tertiary/aromatic N) is 1. The second-order valence-electron chi connectivity index (χ2n) is 14.8. The molecule has 13 nitrogen and oxygen atoms in total. The van der Waals surface area contributed by atoms with E-state index in [0.717, 1.165) is 0 Å². The van der Waals surface area contributed by atoms with Gasteiger partial charge in [0.1, 0.15) is 29.7 Å². The molecule has 5 saturated carbocycles. The van der Waals surface area contributed by atoms with E-state index in [1.807, 2.05) is 6.92 Å². The Kier molecular flexibility index (Phi) is 8.24. The largest absolute Gasteiger partial charge is 0.497 e. The number of aliphatic hydroxyl groups excluding tert-OH is 2. The molecule has 1 aliphatic heterocycles. The summed E-state index contributed by atoms with van der Waals surface area (Å²) in [7, 11) is 7.77. The van der Waals surface area contributed by atoms with E-state index in [4.69, 9.17) is 33.2 Å². The lowest BCUT2D eigenvalue weighted by atomic mass is 9.42. The fourth-order valence-electron chi connectivity index (χ4n) is 12.5. The number of hydrogen-bond acceptors (Lipinski definition) is 13. The third-order valence-corrected chi connectivity index (χ3v) is 13.5. The van der Waals surface area contributed by atoms with Crippen molar-refractivity contribution in [3.8, 4) is 5.75 Å². The Labute approximate surface area is 280 Å². The van der Waals surface area contributed by atoms with Gasteiger partial charge < -0.3 is 48.5 Å². The lowest BCUT2D eigenvalue weighted by Crippen LogP contribution is -2.81. The Morgan fingerprint density at radius 3 is 2.25 bits per heavy atom. The average molecular weight is 676 g/mol. The summed E-state index contributed by atoms with van der Waals surface area (Å²) in [5.41, 5.74) is -4.94. The van der Waals surface area contributed by atoms with Gasteiger partial charge in [0.25, 0.3) is 0 Å². The Morgan fingerprint density at radius 1 is 0.979 bits per heavy atom. The van der Waals surface area contributed by atoms with Crippen molar-refractivity contribution < 1.29 is 58.1 Å². The normalized spacial score (nSPS) is 48.2. The van der Waals surface area contributed by atoms with E-state index in [0.29, 0.717) is 25.3 Å². The van der Waals surface area contributed by atoms with Crippen molar-refractivity contribution in [3.63, 3.8) is 0 Å². The molecule has 1 heterocycles. The highest BCUT2D eigenvalue weighted by atomic mass is 16.6. The van der Waals surface area contributed by atoms with Crippen LogP contribution in [0.5, 0.6) is 5.75 Å². The number of carbonyl (C=O) groups is 2. The third kappa shape index (κ3) is 3.90. The number of esters is 2. The maximum absolute atomic E-state index is 13.9. The predicted octanol–water partition coefficient (Wildman–Crippen LogP) is 0.657. The van der Waals surface area contributed by atoms with Crippen LogP contribution in [0.25, 0.3) is 0 Å². The van der Waals surface area contributed by atoms with Gasteiger partial charge in [-0.1, -0.05) is 6.92 Å². The number of piperidine rings is 1. The van der Waals surface area contributed by atoms with Crippen LogP contribution < -0.4 is 4.74 Å². The molecule has 0 amide bonds. The van der Waals surface area contributed by atoms with Crippen LogP contribution in [0, 0.1) is 34.5 Å².